The number of carbonyl (C=O) groups is 1. The van der Waals surface area contributed by atoms with E-state index in [1.54, 1.807) is 6.26 Å². The van der Waals surface area contributed by atoms with Gasteiger partial charge in [-0.25, -0.2) is 0 Å². The highest BCUT2D eigenvalue weighted by molar-refractivity contribution is 5.78. The maximum absolute atomic E-state index is 11.8. The van der Waals surface area contributed by atoms with E-state index in [9.17, 15) is 4.79 Å². The van der Waals surface area contributed by atoms with Crippen LogP contribution in [-0.4, -0.2) is 12.5 Å². The predicted octanol–water partition coefficient (Wildman–Crippen LogP) is 2.49. The van der Waals surface area contributed by atoms with Crippen LogP contribution >= 0.6 is 0 Å². The lowest BCUT2D eigenvalue weighted by Crippen LogP contribution is -2.27. The van der Waals surface area contributed by atoms with Gasteiger partial charge in [0.15, 0.2) is 0 Å². The molecule has 1 N–H and O–H groups in total. The third-order valence-corrected chi connectivity index (χ3v) is 2.89. The van der Waals surface area contributed by atoms with Gasteiger partial charge in [0.05, 0.1) is 12.7 Å². The number of amides is 1. The fraction of sp³-hybridized carbons (Fsp3) is 0.267. The number of carbonyl (C=O) groups excluding carboxylic acids is 1. The SMILES string of the molecule is Cc1ccccc1CC(=O)NCCc1ccco1. The number of furan rings is 1. The summed E-state index contributed by atoms with van der Waals surface area (Å²) in [7, 11) is 0. The van der Waals surface area contributed by atoms with Crippen molar-refractivity contribution in [1.82, 2.24) is 5.32 Å². The molecule has 18 heavy (non-hydrogen) atoms. The Kier molecular flexibility index (Phi) is 4.18. The molecule has 1 aromatic carbocycles. The van der Waals surface area contributed by atoms with Crippen molar-refractivity contribution in [1.29, 1.82) is 0 Å². The monoisotopic (exact) mass is 243 g/mol. The van der Waals surface area contributed by atoms with E-state index in [-0.39, 0.29) is 5.91 Å². The van der Waals surface area contributed by atoms with Gasteiger partial charge in [0.1, 0.15) is 5.76 Å². The molecule has 2 rings (SSSR count). The fourth-order valence-corrected chi connectivity index (χ4v) is 1.82. The zero-order chi connectivity index (χ0) is 12.8. The van der Waals surface area contributed by atoms with E-state index >= 15 is 0 Å². The molecule has 1 amide bonds. The second kappa shape index (κ2) is 6.05. The Labute approximate surface area is 107 Å². The first kappa shape index (κ1) is 12.4. The molecular weight excluding hydrogens is 226 g/mol. The van der Waals surface area contributed by atoms with Crippen LogP contribution in [0, 0.1) is 6.92 Å². The molecule has 1 heterocycles. The van der Waals surface area contributed by atoms with Crippen LogP contribution in [0.5, 0.6) is 0 Å². The van der Waals surface area contributed by atoms with Gasteiger partial charge in [0.25, 0.3) is 0 Å². The van der Waals surface area contributed by atoms with Crippen LogP contribution < -0.4 is 5.32 Å². The van der Waals surface area contributed by atoms with Crippen molar-refractivity contribution in [2.24, 2.45) is 0 Å². The third kappa shape index (κ3) is 3.48. The molecule has 0 atom stereocenters. The lowest BCUT2D eigenvalue weighted by Gasteiger charge is -2.06. The molecule has 0 saturated carbocycles. The van der Waals surface area contributed by atoms with Gasteiger partial charge in [-0.2, -0.15) is 0 Å². The zero-order valence-electron chi connectivity index (χ0n) is 10.5. The standard InChI is InChI=1S/C15H17NO2/c1-12-5-2-3-6-13(12)11-15(17)16-9-8-14-7-4-10-18-14/h2-7,10H,8-9,11H2,1H3,(H,16,17). The van der Waals surface area contributed by atoms with Crippen LogP contribution in [0.25, 0.3) is 0 Å². The Hall–Kier alpha value is -2.03. The smallest absolute Gasteiger partial charge is 0.224 e. The Balaban J connectivity index is 1.77. The van der Waals surface area contributed by atoms with Crippen molar-refractivity contribution < 1.29 is 9.21 Å². The molecule has 0 radical (unpaired) electrons. The summed E-state index contributed by atoms with van der Waals surface area (Å²) in [5.74, 6) is 0.946. The quantitative estimate of drug-likeness (QED) is 0.876. The van der Waals surface area contributed by atoms with Crippen molar-refractivity contribution in [3.05, 3.63) is 59.5 Å². The van der Waals surface area contributed by atoms with Crippen molar-refractivity contribution >= 4 is 5.91 Å². The second-order valence-corrected chi connectivity index (χ2v) is 4.28. The summed E-state index contributed by atoms with van der Waals surface area (Å²) in [6.45, 7) is 2.63. The number of hydrogen-bond donors (Lipinski definition) is 1. The summed E-state index contributed by atoms with van der Waals surface area (Å²) in [5, 5.41) is 2.90. The van der Waals surface area contributed by atoms with Crippen molar-refractivity contribution in [2.45, 2.75) is 19.8 Å². The Bertz CT molecular complexity index is 503. The summed E-state index contributed by atoms with van der Waals surface area (Å²) in [5.41, 5.74) is 2.23. The molecule has 0 aliphatic heterocycles. The van der Waals surface area contributed by atoms with Crippen LogP contribution in [-0.2, 0) is 17.6 Å². The third-order valence-electron chi connectivity index (χ3n) is 2.89. The van der Waals surface area contributed by atoms with Crippen LogP contribution in [0.2, 0.25) is 0 Å². The average Bonchev–Trinajstić information content (AvgIpc) is 2.85. The van der Waals surface area contributed by atoms with Gasteiger partial charge in [0, 0.05) is 13.0 Å². The van der Waals surface area contributed by atoms with E-state index in [0.717, 1.165) is 23.3 Å². The Morgan fingerprint density at radius 1 is 1.22 bits per heavy atom. The number of nitrogens with one attached hydrogen (secondary N) is 1. The van der Waals surface area contributed by atoms with Gasteiger partial charge in [-0.3, -0.25) is 4.79 Å². The molecule has 0 unspecified atom stereocenters. The molecule has 0 aliphatic carbocycles. The second-order valence-electron chi connectivity index (χ2n) is 4.28. The van der Waals surface area contributed by atoms with Crippen LogP contribution in [0.3, 0.4) is 0 Å². The van der Waals surface area contributed by atoms with Crippen molar-refractivity contribution in [2.75, 3.05) is 6.54 Å². The summed E-state index contributed by atoms with van der Waals surface area (Å²) in [6, 6.07) is 11.7. The summed E-state index contributed by atoms with van der Waals surface area (Å²) in [4.78, 5) is 11.8. The Morgan fingerprint density at radius 3 is 2.78 bits per heavy atom. The number of aryl methyl sites for hydroxylation is 1. The lowest BCUT2D eigenvalue weighted by molar-refractivity contribution is -0.120. The van der Waals surface area contributed by atoms with E-state index < -0.39 is 0 Å². The van der Waals surface area contributed by atoms with E-state index in [0.29, 0.717) is 13.0 Å². The normalized spacial score (nSPS) is 10.3. The molecule has 0 bridgehead atoms. The highest BCUT2D eigenvalue weighted by Crippen LogP contribution is 2.07. The number of hydrogen-bond acceptors (Lipinski definition) is 2. The first-order valence-electron chi connectivity index (χ1n) is 6.09. The predicted molar refractivity (Wildman–Crippen MR) is 70.3 cm³/mol. The van der Waals surface area contributed by atoms with E-state index in [1.165, 1.54) is 0 Å². The zero-order valence-corrected chi connectivity index (χ0v) is 10.5. The van der Waals surface area contributed by atoms with Crippen LogP contribution in [0.4, 0.5) is 0 Å². The molecule has 0 fully saturated rings. The molecule has 2 aromatic rings. The largest absolute Gasteiger partial charge is 0.469 e. The maximum atomic E-state index is 11.8. The van der Waals surface area contributed by atoms with Crippen molar-refractivity contribution in [3.63, 3.8) is 0 Å². The minimum Gasteiger partial charge on any atom is -0.469 e. The van der Waals surface area contributed by atoms with E-state index in [2.05, 4.69) is 5.32 Å². The van der Waals surface area contributed by atoms with Gasteiger partial charge in [-0.05, 0) is 30.2 Å². The molecule has 1 aromatic heterocycles. The average molecular weight is 243 g/mol. The molecule has 0 spiro atoms. The van der Waals surface area contributed by atoms with Gasteiger partial charge < -0.3 is 9.73 Å². The number of benzene rings is 1. The van der Waals surface area contributed by atoms with Gasteiger partial charge in [-0.1, -0.05) is 24.3 Å². The van der Waals surface area contributed by atoms with Gasteiger partial charge >= 0.3 is 0 Å². The lowest BCUT2D eigenvalue weighted by atomic mass is 10.1. The van der Waals surface area contributed by atoms with Crippen LogP contribution in [0.15, 0.2) is 47.1 Å². The summed E-state index contributed by atoms with van der Waals surface area (Å²) >= 11 is 0. The van der Waals surface area contributed by atoms with Crippen LogP contribution in [0.1, 0.15) is 16.9 Å². The molecule has 3 nitrogen and oxygen atoms in total. The highest BCUT2D eigenvalue weighted by atomic mass is 16.3. The minimum atomic E-state index is 0.0517. The maximum Gasteiger partial charge on any atom is 0.224 e. The van der Waals surface area contributed by atoms with E-state index in [4.69, 9.17) is 4.42 Å². The topological polar surface area (TPSA) is 42.2 Å². The molecule has 0 aliphatic rings. The van der Waals surface area contributed by atoms with Gasteiger partial charge in [0.2, 0.25) is 5.91 Å². The first-order valence-corrected chi connectivity index (χ1v) is 6.09. The fourth-order valence-electron chi connectivity index (χ4n) is 1.82. The summed E-state index contributed by atoms with van der Waals surface area (Å²) < 4.78 is 5.20. The Morgan fingerprint density at radius 2 is 2.06 bits per heavy atom. The highest BCUT2D eigenvalue weighted by Gasteiger charge is 2.05. The molecule has 94 valence electrons. The first-order chi connectivity index (χ1) is 8.75. The molecule has 0 saturated heterocycles. The minimum absolute atomic E-state index is 0.0517. The van der Waals surface area contributed by atoms with Crippen molar-refractivity contribution in [3.8, 4) is 0 Å². The molecule has 3 heteroatoms. The summed E-state index contributed by atoms with van der Waals surface area (Å²) in [6.07, 6.45) is 2.81. The molecular formula is C15H17NO2. The van der Waals surface area contributed by atoms with E-state index in [1.807, 2.05) is 43.3 Å². The van der Waals surface area contributed by atoms with Gasteiger partial charge in [-0.15, -0.1) is 0 Å². The number of rotatable bonds is 5.